The van der Waals surface area contributed by atoms with Crippen LogP contribution in [0.1, 0.15) is 67.2 Å². The quantitative estimate of drug-likeness (QED) is 0.235. The summed E-state index contributed by atoms with van der Waals surface area (Å²) < 4.78 is 3.22. The van der Waals surface area contributed by atoms with Gasteiger partial charge >= 0.3 is 17.9 Å². The molecule has 0 amide bonds. The molecule has 0 aliphatic rings. The molecule has 0 aliphatic carbocycles. The Labute approximate surface area is 188 Å². The van der Waals surface area contributed by atoms with Gasteiger partial charge in [0.15, 0.2) is 0 Å². The second-order valence-corrected chi connectivity index (χ2v) is 11.8. The van der Waals surface area contributed by atoms with E-state index in [1.165, 1.54) is 46.6 Å². The molecule has 0 rings (SSSR count). The summed E-state index contributed by atoms with van der Waals surface area (Å²) in [4.78, 5) is 32.5. The van der Waals surface area contributed by atoms with Crippen molar-refractivity contribution in [1.29, 1.82) is 0 Å². The number of thiocarbonyl (C=S) groups is 1. The van der Waals surface area contributed by atoms with Crippen LogP contribution in [0.4, 0.5) is 0 Å². The summed E-state index contributed by atoms with van der Waals surface area (Å²) in [6.07, 6.45) is 5.85. The minimum atomic E-state index is -1.04. The second-order valence-electron chi connectivity index (χ2n) is 7.34. The van der Waals surface area contributed by atoms with Gasteiger partial charge in [0, 0.05) is 6.08 Å². The molecule has 0 aromatic carbocycles. The molecule has 0 saturated heterocycles. The molecule has 0 heterocycles. The van der Waals surface area contributed by atoms with Gasteiger partial charge in [-0.25, -0.2) is 4.79 Å². The lowest BCUT2D eigenvalue weighted by atomic mass is 10.0. The van der Waals surface area contributed by atoms with Crippen LogP contribution in [-0.2, 0) is 19.1 Å². The van der Waals surface area contributed by atoms with Crippen LogP contribution in [0.5, 0.6) is 0 Å². The molecule has 0 saturated carbocycles. The fraction of sp³-hybridized carbons (Fsp3) is 0.700. The van der Waals surface area contributed by atoms with E-state index < -0.39 is 21.4 Å². The molecule has 2 N–H and O–H groups in total. The summed E-state index contributed by atoms with van der Waals surface area (Å²) in [6.45, 7) is 14.3. The van der Waals surface area contributed by atoms with Crippen molar-refractivity contribution >= 4 is 57.2 Å². The van der Waals surface area contributed by atoms with E-state index in [1.54, 1.807) is 0 Å². The molecule has 168 valence electrons. The molecule has 0 bridgehead atoms. The van der Waals surface area contributed by atoms with Crippen molar-refractivity contribution < 1.29 is 29.3 Å². The van der Waals surface area contributed by atoms with Gasteiger partial charge in [-0.15, -0.1) is 0 Å². The van der Waals surface area contributed by atoms with E-state index in [0.29, 0.717) is 16.1 Å². The van der Waals surface area contributed by atoms with Crippen molar-refractivity contribution in [2.75, 3.05) is 6.61 Å². The molecule has 29 heavy (non-hydrogen) atoms. The number of rotatable bonds is 11. The van der Waals surface area contributed by atoms with E-state index in [2.05, 4.69) is 20.4 Å². The van der Waals surface area contributed by atoms with Gasteiger partial charge in [-0.2, -0.15) is 0 Å². The lowest BCUT2D eigenvalue weighted by molar-refractivity contribution is -0.140. The molecule has 6 nitrogen and oxygen atoms in total. The van der Waals surface area contributed by atoms with Crippen LogP contribution in [0, 0.1) is 5.92 Å². The van der Waals surface area contributed by atoms with Gasteiger partial charge in [0.25, 0.3) is 0 Å². The Balaban J connectivity index is 0. The summed E-state index contributed by atoms with van der Waals surface area (Å²) in [5.41, 5.74) is 0. The highest BCUT2D eigenvalue weighted by molar-refractivity contribution is 8.48. The smallest absolute Gasteiger partial charge is 0.330 e. The first-order valence-electron chi connectivity index (χ1n) is 9.41. The number of carboxylic acids is 2. The van der Waals surface area contributed by atoms with E-state index in [0.717, 1.165) is 36.4 Å². The van der Waals surface area contributed by atoms with Crippen molar-refractivity contribution in [3.05, 3.63) is 12.7 Å². The molecule has 0 radical (unpaired) electrons. The highest BCUT2D eigenvalue weighted by Crippen LogP contribution is 2.36. The minimum Gasteiger partial charge on any atom is -0.480 e. The first-order valence-corrected chi connectivity index (χ1v) is 11.5. The van der Waals surface area contributed by atoms with Gasteiger partial charge < -0.3 is 14.9 Å². The normalized spacial score (nSPS) is 12.2. The van der Waals surface area contributed by atoms with Crippen LogP contribution in [-0.4, -0.2) is 47.8 Å². The van der Waals surface area contributed by atoms with Crippen molar-refractivity contribution in [2.45, 2.75) is 76.7 Å². The number of unbranched alkanes of at least 4 members (excludes halogenated alkanes) is 1. The number of thioether (sulfide) groups is 2. The van der Waals surface area contributed by atoms with Crippen LogP contribution < -0.4 is 0 Å². The summed E-state index contributed by atoms with van der Waals surface area (Å²) in [7, 11) is 0. The molecule has 1 atom stereocenters. The molecule has 0 spiro atoms. The van der Waals surface area contributed by atoms with Crippen molar-refractivity contribution in [1.82, 2.24) is 0 Å². The highest BCUT2D eigenvalue weighted by atomic mass is 32.2. The Morgan fingerprint density at radius 1 is 1.07 bits per heavy atom. The predicted molar refractivity (Wildman–Crippen MR) is 126 cm³/mol. The first kappa shape index (κ1) is 30.1. The zero-order valence-corrected chi connectivity index (χ0v) is 20.6. The van der Waals surface area contributed by atoms with Crippen molar-refractivity contribution in [3.63, 3.8) is 0 Å². The maximum atomic E-state index is 10.8. The zero-order valence-electron chi connectivity index (χ0n) is 18.1. The number of esters is 1. The SMILES string of the molecule is C=CC(=O)OCC(CC)CCCC.CC(C)(SC(=S)SC(C)(C)C(=O)O)C(=O)O. The van der Waals surface area contributed by atoms with E-state index in [-0.39, 0.29) is 5.97 Å². The number of carbonyl (C=O) groups is 3. The Morgan fingerprint density at radius 2 is 1.52 bits per heavy atom. The van der Waals surface area contributed by atoms with E-state index in [1.807, 2.05) is 0 Å². The third-order valence-corrected chi connectivity index (χ3v) is 6.58. The Morgan fingerprint density at radius 3 is 1.83 bits per heavy atom. The fourth-order valence-corrected chi connectivity index (χ4v) is 5.36. The average Bonchev–Trinajstić information content (AvgIpc) is 2.60. The Hall–Kier alpha value is -1.06. The standard InChI is InChI=1S/C11H20O2.C9H14O4S3/c1-4-7-8-10(5-2)9-13-11(12)6-3;1-8(2,5(10)11)15-7(14)16-9(3,4)6(12)13/h6,10H,3-5,7-9H2,1-2H3;1-4H3,(H,10,11)(H,12,13). The number of ether oxygens (including phenoxy) is 1. The van der Waals surface area contributed by atoms with Crippen LogP contribution in [0.15, 0.2) is 12.7 Å². The summed E-state index contributed by atoms with van der Waals surface area (Å²) in [5.74, 6) is -1.75. The fourth-order valence-electron chi connectivity index (χ4n) is 1.68. The van der Waals surface area contributed by atoms with Crippen molar-refractivity contribution in [3.8, 4) is 0 Å². The van der Waals surface area contributed by atoms with Crippen LogP contribution in [0.2, 0.25) is 0 Å². The predicted octanol–water partition coefficient (Wildman–Crippen LogP) is 5.40. The van der Waals surface area contributed by atoms with Crippen LogP contribution in [0.25, 0.3) is 0 Å². The Bertz CT molecular complexity index is 543. The largest absolute Gasteiger partial charge is 0.480 e. The lowest BCUT2D eigenvalue weighted by Crippen LogP contribution is -2.31. The van der Waals surface area contributed by atoms with Gasteiger partial charge in [0.05, 0.1) is 6.61 Å². The first-order chi connectivity index (χ1) is 13.2. The van der Waals surface area contributed by atoms with Gasteiger partial charge in [0.1, 0.15) is 13.0 Å². The Kier molecular flexibility index (Phi) is 15.4. The number of carbonyl (C=O) groups excluding carboxylic acids is 1. The molecular weight excluding hydrogens is 432 g/mol. The second kappa shape index (κ2) is 14.8. The van der Waals surface area contributed by atoms with Crippen LogP contribution >= 0.6 is 35.7 Å². The minimum absolute atomic E-state index is 0.310. The molecular formula is C20H34O6S3. The molecule has 1 unspecified atom stereocenters. The zero-order chi connectivity index (χ0) is 23.3. The molecule has 0 aromatic heterocycles. The van der Waals surface area contributed by atoms with Crippen molar-refractivity contribution in [2.24, 2.45) is 5.92 Å². The molecule has 0 fully saturated rings. The topological polar surface area (TPSA) is 101 Å². The summed E-state index contributed by atoms with van der Waals surface area (Å²) in [5, 5.41) is 17.8. The summed E-state index contributed by atoms with van der Waals surface area (Å²) in [6, 6.07) is 0. The third-order valence-electron chi connectivity index (χ3n) is 3.88. The van der Waals surface area contributed by atoms with E-state index >= 15 is 0 Å². The number of hydrogen-bond donors (Lipinski definition) is 2. The van der Waals surface area contributed by atoms with Gasteiger partial charge in [0.2, 0.25) is 0 Å². The summed E-state index contributed by atoms with van der Waals surface area (Å²) >= 11 is 6.96. The maximum absolute atomic E-state index is 10.8. The molecule has 0 aliphatic heterocycles. The highest BCUT2D eigenvalue weighted by Gasteiger charge is 2.34. The monoisotopic (exact) mass is 466 g/mol. The average molecular weight is 467 g/mol. The lowest BCUT2D eigenvalue weighted by Gasteiger charge is -2.22. The number of carboxylic acid groups (broad SMARTS) is 2. The number of aliphatic carboxylic acids is 2. The van der Waals surface area contributed by atoms with Gasteiger partial charge in [-0.3, -0.25) is 9.59 Å². The third kappa shape index (κ3) is 14.5. The maximum Gasteiger partial charge on any atom is 0.330 e. The van der Waals surface area contributed by atoms with Gasteiger partial charge in [-0.05, 0) is 40.0 Å². The molecule has 9 heteroatoms. The van der Waals surface area contributed by atoms with E-state index in [9.17, 15) is 14.4 Å². The van der Waals surface area contributed by atoms with Gasteiger partial charge in [-0.1, -0.05) is 75.4 Å². The number of hydrogen-bond acceptors (Lipinski definition) is 7. The van der Waals surface area contributed by atoms with E-state index in [4.69, 9.17) is 27.2 Å². The molecule has 0 aromatic rings. The van der Waals surface area contributed by atoms with Crippen LogP contribution in [0.3, 0.4) is 0 Å².